The number of carbonyl (C=O) groups excluding carboxylic acids is 2. The maximum absolute atomic E-state index is 12.4. The lowest BCUT2D eigenvalue weighted by atomic mass is 9.89. The second-order valence-corrected chi connectivity index (χ2v) is 8.49. The lowest BCUT2D eigenvalue weighted by molar-refractivity contribution is -0.114. The summed E-state index contributed by atoms with van der Waals surface area (Å²) in [5, 5.41) is 25.9. The van der Waals surface area contributed by atoms with E-state index in [1.807, 2.05) is 36.4 Å². The maximum atomic E-state index is 12.4. The Kier molecular flexibility index (Phi) is 3.50. The molecule has 34 heavy (non-hydrogen) atoms. The zero-order chi connectivity index (χ0) is 23.1. The lowest BCUT2D eigenvalue weighted by Crippen LogP contribution is -2.23. The molecule has 1 aliphatic carbocycles. The number of allylic oxidation sites excluding steroid dienone is 1. The quantitative estimate of drug-likeness (QED) is 0.175. The number of hydrogen-bond donors (Lipinski definition) is 2. The number of aromatic nitrogens is 2. The molecule has 0 radical (unpaired) electrons. The van der Waals surface area contributed by atoms with Crippen molar-refractivity contribution >= 4 is 71.7 Å². The Bertz CT molecular complexity index is 1970. The summed E-state index contributed by atoms with van der Waals surface area (Å²) in [4.78, 5) is 34.1. The van der Waals surface area contributed by atoms with Crippen LogP contribution in [-0.2, 0) is 4.79 Å². The van der Waals surface area contributed by atoms with Crippen LogP contribution in [0.15, 0.2) is 78.6 Å². The average Bonchev–Trinajstić information content (AvgIpc) is 2.87. The number of carbonyl (C=O) groups is 2. The first-order valence-corrected chi connectivity index (χ1v) is 10.7. The molecule has 0 amide bonds. The van der Waals surface area contributed by atoms with Crippen LogP contribution in [0.2, 0.25) is 0 Å². The van der Waals surface area contributed by atoms with Crippen LogP contribution in [0.4, 0.5) is 0 Å². The normalized spacial score (nSPS) is 14.1. The fraction of sp³-hybridized carbons (Fsp3) is 0. The van der Waals surface area contributed by atoms with Crippen LogP contribution < -0.4 is 0 Å². The van der Waals surface area contributed by atoms with Crippen molar-refractivity contribution in [3.8, 4) is 0 Å². The molecular weight excluding hydrogens is 428 g/mol. The highest BCUT2D eigenvalue weighted by atomic mass is 16.3. The molecule has 1 aromatic heterocycles. The van der Waals surface area contributed by atoms with Crippen molar-refractivity contribution in [2.24, 2.45) is 0 Å². The molecule has 6 aromatic rings. The Balaban J connectivity index is 1.56. The summed E-state index contributed by atoms with van der Waals surface area (Å²) in [6.07, 6.45) is 0. The first kappa shape index (κ1) is 18.7. The van der Waals surface area contributed by atoms with Crippen molar-refractivity contribution in [3.05, 3.63) is 89.7 Å². The van der Waals surface area contributed by atoms with E-state index < -0.39 is 23.1 Å². The van der Waals surface area contributed by atoms with E-state index in [1.54, 1.807) is 12.1 Å². The van der Waals surface area contributed by atoms with Crippen LogP contribution in [0.5, 0.6) is 0 Å². The second-order valence-electron chi connectivity index (χ2n) is 8.49. The van der Waals surface area contributed by atoms with Gasteiger partial charge in [-0.05, 0) is 57.9 Å². The van der Waals surface area contributed by atoms with Crippen LogP contribution in [0, 0.1) is 0 Å². The van der Waals surface area contributed by atoms with Crippen molar-refractivity contribution in [2.75, 3.05) is 0 Å². The molecule has 5 aromatic carbocycles. The van der Waals surface area contributed by atoms with E-state index in [0.717, 1.165) is 32.6 Å². The number of hydrogen-bond acceptors (Lipinski definition) is 6. The molecule has 0 bridgehead atoms. The number of nitrogens with zero attached hydrogens (tertiary/aromatic N) is 2. The van der Waals surface area contributed by atoms with Gasteiger partial charge < -0.3 is 10.2 Å². The number of benzene rings is 5. The molecule has 1 heterocycles. The summed E-state index contributed by atoms with van der Waals surface area (Å²) in [6.45, 7) is 0. The summed E-state index contributed by atoms with van der Waals surface area (Å²) in [5.41, 5.74) is 2.92. The van der Waals surface area contributed by atoms with Gasteiger partial charge in [0.15, 0.2) is 5.76 Å². The van der Waals surface area contributed by atoms with Gasteiger partial charge in [0.2, 0.25) is 11.5 Å². The highest BCUT2D eigenvalue weighted by Crippen LogP contribution is 2.35. The summed E-state index contributed by atoms with van der Waals surface area (Å²) in [7, 11) is 0. The minimum Gasteiger partial charge on any atom is -0.504 e. The van der Waals surface area contributed by atoms with E-state index in [2.05, 4.69) is 24.3 Å². The first-order chi connectivity index (χ1) is 16.5. The van der Waals surface area contributed by atoms with Gasteiger partial charge in [-0.3, -0.25) is 9.59 Å². The fourth-order valence-electron chi connectivity index (χ4n) is 4.84. The van der Waals surface area contributed by atoms with Crippen molar-refractivity contribution in [1.82, 2.24) is 9.97 Å². The minimum atomic E-state index is -1.12. The third-order valence-corrected chi connectivity index (χ3v) is 6.55. The number of rotatable bonds is 0. The number of aliphatic hydroxyl groups excluding tert-OH is 2. The van der Waals surface area contributed by atoms with Gasteiger partial charge >= 0.3 is 0 Å². The molecule has 0 unspecified atom stereocenters. The van der Waals surface area contributed by atoms with Crippen molar-refractivity contribution in [2.45, 2.75) is 0 Å². The molecule has 0 saturated heterocycles. The Morgan fingerprint density at radius 1 is 0.529 bits per heavy atom. The van der Waals surface area contributed by atoms with E-state index >= 15 is 0 Å². The van der Waals surface area contributed by atoms with E-state index in [9.17, 15) is 19.8 Å². The van der Waals surface area contributed by atoms with E-state index in [-0.39, 0.29) is 11.1 Å². The minimum absolute atomic E-state index is 0.0544. The molecule has 2 N–H and O–H groups in total. The summed E-state index contributed by atoms with van der Waals surface area (Å²) in [5.74, 6) is -3.51. The Morgan fingerprint density at radius 3 is 1.79 bits per heavy atom. The first-order valence-electron chi connectivity index (χ1n) is 10.7. The van der Waals surface area contributed by atoms with Gasteiger partial charge in [0.25, 0.3) is 5.78 Å². The second kappa shape index (κ2) is 6.36. The smallest absolute Gasteiger partial charge is 0.271 e. The van der Waals surface area contributed by atoms with Gasteiger partial charge in [0, 0.05) is 21.9 Å². The number of fused-ring (bicyclic) bond motifs is 8. The number of Topliss-reactive ketones (excluding diaryl/α,β-unsaturated/α-hetero) is 2. The van der Waals surface area contributed by atoms with Crippen molar-refractivity contribution in [3.63, 3.8) is 0 Å². The predicted octanol–water partition coefficient (Wildman–Crippen LogP) is 5.79. The van der Waals surface area contributed by atoms with E-state index in [1.165, 1.54) is 0 Å². The maximum Gasteiger partial charge on any atom is 0.271 e. The molecule has 0 aliphatic heterocycles. The van der Waals surface area contributed by atoms with Crippen molar-refractivity contribution < 1.29 is 19.8 Å². The summed E-state index contributed by atoms with van der Waals surface area (Å²) < 4.78 is 0. The molecule has 160 valence electrons. The lowest BCUT2D eigenvalue weighted by Gasteiger charge is -2.16. The monoisotopic (exact) mass is 442 g/mol. The molecule has 6 nitrogen and oxygen atoms in total. The van der Waals surface area contributed by atoms with Gasteiger partial charge in [-0.25, -0.2) is 9.97 Å². The summed E-state index contributed by atoms with van der Waals surface area (Å²) in [6, 6.07) is 23.2. The van der Waals surface area contributed by atoms with Gasteiger partial charge in [-0.2, -0.15) is 0 Å². The Labute approximate surface area is 191 Å². The van der Waals surface area contributed by atoms with Gasteiger partial charge in [-0.1, -0.05) is 36.4 Å². The Morgan fingerprint density at radius 2 is 1.12 bits per heavy atom. The van der Waals surface area contributed by atoms with Gasteiger partial charge in [0.05, 0.1) is 22.1 Å². The topological polar surface area (TPSA) is 100 Å². The molecule has 6 heteroatoms. The average molecular weight is 442 g/mol. The third kappa shape index (κ3) is 2.39. The molecule has 7 rings (SSSR count). The van der Waals surface area contributed by atoms with Crippen LogP contribution in [0.25, 0.3) is 60.1 Å². The SMILES string of the molecule is O=C1C(=O)c2cc3ccc4nc5c(ccc6cc7ccccc7cc65)nc4c3cc2C(O)=C1O. The highest BCUT2D eigenvalue weighted by Gasteiger charge is 2.33. The molecular formula is C28H14N2O4. The predicted molar refractivity (Wildman–Crippen MR) is 131 cm³/mol. The fourth-order valence-corrected chi connectivity index (χ4v) is 4.84. The number of ketones is 2. The molecule has 0 saturated carbocycles. The standard InChI is InChI=1S/C28H14N2O4/c31-25-19-11-16-6-8-22-24(18(16)12-20(19)26(32)28(34)27(25)33)30-21-7-5-15-9-13-3-1-2-4-14(13)10-17(15)23(21)29-22/h1-12,32,34H. The van der Waals surface area contributed by atoms with Crippen LogP contribution >= 0.6 is 0 Å². The van der Waals surface area contributed by atoms with Gasteiger partial charge in [-0.15, -0.1) is 0 Å². The molecule has 0 atom stereocenters. The Hall–Kier alpha value is -4.84. The summed E-state index contributed by atoms with van der Waals surface area (Å²) >= 11 is 0. The molecule has 0 fully saturated rings. The zero-order valence-electron chi connectivity index (χ0n) is 17.5. The molecule has 0 spiro atoms. The highest BCUT2D eigenvalue weighted by molar-refractivity contribution is 6.51. The zero-order valence-corrected chi connectivity index (χ0v) is 17.5. The number of aliphatic hydroxyl groups is 2. The van der Waals surface area contributed by atoms with Crippen LogP contribution in [0.1, 0.15) is 15.9 Å². The van der Waals surface area contributed by atoms with Crippen molar-refractivity contribution in [1.29, 1.82) is 0 Å². The van der Waals surface area contributed by atoms with Gasteiger partial charge in [0.1, 0.15) is 0 Å². The molecule has 1 aliphatic rings. The van der Waals surface area contributed by atoms with Crippen LogP contribution in [0.3, 0.4) is 0 Å². The third-order valence-electron chi connectivity index (χ3n) is 6.55. The largest absolute Gasteiger partial charge is 0.504 e. The van der Waals surface area contributed by atoms with E-state index in [4.69, 9.17) is 9.97 Å². The van der Waals surface area contributed by atoms with E-state index in [0.29, 0.717) is 21.8 Å². The van der Waals surface area contributed by atoms with Crippen LogP contribution in [-0.4, -0.2) is 31.7 Å².